The summed E-state index contributed by atoms with van der Waals surface area (Å²) in [6.45, 7) is 0. The van der Waals surface area contributed by atoms with Gasteiger partial charge in [0.1, 0.15) is 5.69 Å². The van der Waals surface area contributed by atoms with Gasteiger partial charge in [0.05, 0.1) is 4.92 Å². The van der Waals surface area contributed by atoms with E-state index in [1.165, 1.54) is 12.1 Å². The first-order valence-electron chi connectivity index (χ1n) is 2.91. The Balaban J connectivity index is 3.33. The van der Waals surface area contributed by atoms with Gasteiger partial charge in [0.25, 0.3) is 5.69 Å². The average Bonchev–Trinajstić information content (AvgIpc) is 1.96. The van der Waals surface area contributed by atoms with Crippen LogP contribution in [0.15, 0.2) is 16.6 Å². The van der Waals surface area contributed by atoms with Crippen LogP contribution in [0.5, 0.6) is 0 Å². The Bertz CT molecular complexity index is 343. The molecule has 6 heteroatoms. The minimum Gasteiger partial charge on any atom is -0.393 e. The number of halogens is 2. The van der Waals surface area contributed by atoms with E-state index in [-0.39, 0.29) is 11.4 Å². The van der Waals surface area contributed by atoms with Gasteiger partial charge in [-0.05, 0) is 44.6 Å². The molecular formula is C6H4BrIN2O2. The highest BCUT2D eigenvalue weighted by atomic mass is 127. The molecule has 0 heterocycles. The van der Waals surface area contributed by atoms with Crippen molar-refractivity contribution in [3.8, 4) is 0 Å². The third-order valence-electron chi connectivity index (χ3n) is 1.27. The predicted octanol–water partition coefficient (Wildman–Crippen LogP) is 2.54. The first-order chi connectivity index (χ1) is 5.52. The number of nitrogen functional groups attached to an aromatic ring is 1. The quantitative estimate of drug-likeness (QED) is 0.369. The van der Waals surface area contributed by atoms with Crippen molar-refractivity contribution in [2.24, 2.45) is 0 Å². The van der Waals surface area contributed by atoms with Gasteiger partial charge in [0.2, 0.25) is 0 Å². The lowest BCUT2D eigenvalue weighted by Crippen LogP contribution is -1.96. The van der Waals surface area contributed by atoms with Gasteiger partial charge < -0.3 is 5.73 Å². The predicted molar refractivity (Wildman–Crippen MR) is 57.9 cm³/mol. The van der Waals surface area contributed by atoms with Crippen LogP contribution in [0.2, 0.25) is 0 Å². The molecule has 0 aromatic heterocycles. The molecule has 0 bridgehead atoms. The number of nitrogens with two attached hydrogens (primary N) is 1. The highest BCUT2D eigenvalue weighted by molar-refractivity contribution is 14.1. The SMILES string of the molecule is Nc1cc(Br)c(I)cc1[N+](=O)[O-]. The molecule has 1 aromatic carbocycles. The van der Waals surface area contributed by atoms with Crippen LogP contribution in [0.3, 0.4) is 0 Å². The molecule has 0 aliphatic heterocycles. The molecule has 0 radical (unpaired) electrons. The summed E-state index contributed by atoms with van der Waals surface area (Å²) < 4.78 is 1.54. The summed E-state index contributed by atoms with van der Waals surface area (Å²) in [5, 5.41) is 10.4. The van der Waals surface area contributed by atoms with Crippen LogP contribution in [0.1, 0.15) is 0 Å². The molecule has 0 fully saturated rings. The summed E-state index contributed by atoms with van der Waals surface area (Å²) in [4.78, 5) is 9.90. The monoisotopic (exact) mass is 342 g/mol. The van der Waals surface area contributed by atoms with Crippen LogP contribution >= 0.6 is 38.5 Å². The Hall–Kier alpha value is -0.370. The molecular weight excluding hydrogens is 339 g/mol. The molecule has 1 aromatic rings. The number of hydrogen-bond donors (Lipinski definition) is 1. The molecule has 12 heavy (non-hydrogen) atoms. The standard InChI is InChI=1S/C6H4BrIN2O2/c7-3-1-5(9)6(10(11)12)2-4(3)8/h1-2H,9H2. The van der Waals surface area contributed by atoms with Gasteiger partial charge >= 0.3 is 0 Å². The number of anilines is 1. The Morgan fingerprint density at radius 2 is 2.17 bits per heavy atom. The highest BCUT2D eigenvalue weighted by Crippen LogP contribution is 2.29. The second kappa shape index (κ2) is 3.56. The molecule has 4 nitrogen and oxygen atoms in total. The van der Waals surface area contributed by atoms with Crippen molar-refractivity contribution < 1.29 is 4.92 Å². The van der Waals surface area contributed by atoms with Crippen molar-refractivity contribution in [3.63, 3.8) is 0 Å². The number of nitrogens with zero attached hydrogens (tertiary/aromatic N) is 1. The zero-order valence-electron chi connectivity index (χ0n) is 5.75. The fourth-order valence-corrected chi connectivity index (χ4v) is 1.52. The van der Waals surface area contributed by atoms with Crippen molar-refractivity contribution in [1.29, 1.82) is 0 Å². The smallest absolute Gasteiger partial charge is 0.293 e. The normalized spacial score (nSPS) is 9.83. The van der Waals surface area contributed by atoms with Crippen molar-refractivity contribution in [1.82, 2.24) is 0 Å². The van der Waals surface area contributed by atoms with Crippen LogP contribution < -0.4 is 5.73 Å². The van der Waals surface area contributed by atoms with Gasteiger partial charge in [-0.15, -0.1) is 0 Å². The van der Waals surface area contributed by atoms with E-state index < -0.39 is 4.92 Å². The van der Waals surface area contributed by atoms with Crippen LogP contribution in [-0.4, -0.2) is 4.92 Å². The lowest BCUT2D eigenvalue weighted by Gasteiger charge is -1.99. The minimum absolute atomic E-state index is 0.0531. The largest absolute Gasteiger partial charge is 0.393 e. The Kier molecular flexibility index (Phi) is 2.89. The highest BCUT2D eigenvalue weighted by Gasteiger charge is 2.13. The zero-order chi connectivity index (χ0) is 9.30. The maximum absolute atomic E-state index is 10.4. The lowest BCUT2D eigenvalue weighted by molar-refractivity contribution is -0.384. The van der Waals surface area contributed by atoms with Gasteiger partial charge in [-0.3, -0.25) is 10.1 Å². The molecule has 0 amide bonds. The second-order valence-corrected chi connectivity index (χ2v) is 4.10. The summed E-state index contributed by atoms with van der Waals surface area (Å²) in [7, 11) is 0. The summed E-state index contributed by atoms with van der Waals surface area (Å²) >= 11 is 5.21. The van der Waals surface area contributed by atoms with E-state index in [4.69, 9.17) is 5.73 Å². The number of nitro benzene ring substituents is 1. The Morgan fingerprint density at radius 3 is 2.67 bits per heavy atom. The lowest BCUT2D eigenvalue weighted by atomic mass is 10.3. The topological polar surface area (TPSA) is 69.2 Å². The molecule has 2 N–H and O–H groups in total. The molecule has 0 aliphatic rings. The molecule has 0 unspecified atom stereocenters. The number of nitro groups is 1. The van der Waals surface area contributed by atoms with Crippen LogP contribution in [0.25, 0.3) is 0 Å². The van der Waals surface area contributed by atoms with Crippen LogP contribution in [0.4, 0.5) is 11.4 Å². The van der Waals surface area contributed by atoms with Crippen molar-refractivity contribution in [2.45, 2.75) is 0 Å². The number of rotatable bonds is 1. The second-order valence-electron chi connectivity index (χ2n) is 2.08. The third-order valence-corrected chi connectivity index (χ3v) is 3.56. The Morgan fingerprint density at radius 1 is 1.58 bits per heavy atom. The molecule has 64 valence electrons. The van der Waals surface area contributed by atoms with E-state index in [9.17, 15) is 10.1 Å². The maximum Gasteiger partial charge on any atom is 0.293 e. The first-order valence-corrected chi connectivity index (χ1v) is 4.78. The van der Waals surface area contributed by atoms with Gasteiger partial charge in [0.15, 0.2) is 0 Å². The van der Waals surface area contributed by atoms with Crippen molar-refractivity contribution in [2.75, 3.05) is 5.73 Å². The van der Waals surface area contributed by atoms with Gasteiger partial charge in [-0.1, -0.05) is 0 Å². The minimum atomic E-state index is -0.496. The number of benzene rings is 1. The van der Waals surface area contributed by atoms with E-state index in [2.05, 4.69) is 15.9 Å². The van der Waals surface area contributed by atoms with E-state index in [1.54, 1.807) is 0 Å². The molecule has 0 atom stereocenters. The van der Waals surface area contributed by atoms with Gasteiger partial charge in [0, 0.05) is 14.1 Å². The van der Waals surface area contributed by atoms with Gasteiger partial charge in [-0.25, -0.2) is 0 Å². The first kappa shape index (κ1) is 9.72. The van der Waals surface area contributed by atoms with E-state index in [1.807, 2.05) is 22.6 Å². The molecule has 0 saturated heterocycles. The van der Waals surface area contributed by atoms with Gasteiger partial charge in [-0.2, -0.15) is 0 Å². The average molecular weight is 343 g/mol. The fourth-order valence-electron chi connectivity index (χ4n) is 0.710. The van der Waals surface area contributed by atoms with E-state index >= 15 is 0 Å². The van der Waals surface area contributed by atoms with Crippen LogP contribution in [0, 0.1) is 13.7 Å². The van der Waals surface area contributed by atoms with E-state index in [0.717, 1.165) is 8.04 Å². The molecule has 0 saturated carbocycles. The summed E-state index contributed by atoms with van der Waals surface area (Å²) in [5.41, 5.74) is 5.54. The third kappa shape index (κ3) is 1.86. The summed E-state index contributed by atoms with van der Waals surface area (Å²) in [6, 6.07) is 2.96. The molecule has 1 rings (SSSR count). The fraction of sp³-hybridized carbons (Fsp3) is 0. The number of hydrogen-bond acceptors (Lipinski definition) is 3. The Labute approximate surface area is 90.6 Å². The van der Waals surface area contributed by atoms with E-state index in [0.29, 0.717) is 0 Å². The zero-order valence-corrected chi connectivity index (χ0v) is 9.50. The van der Waals surface area contributed by atoms with Crippen molar-refractivity contribution >= 4 is 49.9 Å². The van der Waals surface area contributed by atoms with Crippen LogP contribution in [-0.2, 0) is 0 Å². The summed E-state index contributed by atoms with van der Waals surface area (Å²) in [6.07, 6.45) is 0. The molecule has 0 spiro atoms. The van der Waals surface area contributed by atoms with Crippen molar-refractivity contribution in [3.05, 3.63) is 30.3 Å². The summed E-state index contributed by atoms with van der Waals surface area (Å²) in [5.74, 6) is 0. The molecule has 0 aliphatic carbocycles. The maximum atomic E-state index is 10.4.